The number of aliphatic hydroxyl groups is 1. The molecule has 0 rings (SSSR count). The summed E-state index contributed by atoms with van der Waals surface area (Å²) in [5.74, 6) is 0.0127. The second-order valence-corrected chi connectivity index (χ2v) is 4.95. The number of hydrogen-bond donors (Lipinski definition) is 1. The molecule has 0 aliphatic carbocycles. The van der Waals surface area contributed by atoms with Gasteiger partial charge in [0.1, 0.15) is 0 Å². The molecule has 1 unspecified atom stereocenters. The lowest BCUT2D eigenvalue weighted by molar-refractivity contribution is -0.142. The van der Waals surface area contributed by atoms with E-state index < -0.39 is 6.10 Å². The monoisotopic (exact) mass is 259 g/mol. The van der Waals surface area contributed by atoms with E-state index in [1.165, 1.54) is 7.11 Å². The summed E-state index contributed by atoms with van der Waals surface area (Å²) >= 11 is 0. The van der Waals surface area contributed by atoms with Crippen LogP contribution in [0, 0.1) is 5.92 Å². The van der Waals surface area contributed by atoms with E-state index in [0.29, 0.717) is 31.8 Å². The number of methoxy groups -OCH3 is 1. The standard InChI is InChI=1S/C13H25NO4/c1-10(2)9-14(8-7-13(17)18-4)12(16)6-5-11(3)15/h10-11,15H,5-9H2,1-4H3. The van der Waals surface area contributed by atoms with Gasteiger partial charge < -0.3 is 14.7 Å². The predicted molar refractivity (Wildman–Crippen MR) is 69.0 cm³/mol. The van der Waals surface area contributed by atoms with E-state index in [0.717, 1.165) is 0 Å². The van der Waals surface area contributed by atoms with Gasteiger partial charge in [-0.25, -0.2) is 0 Å². The van der Waals surface area contributed by atoms with Crippen molar-refractivity contribution >= 4 is 11.9 Å². The van der Waals surface area contributed by atoms with Crippen LogP contribution in [-0.4, -0.2) is 48.2 Å². The van der Waals surface area contributed by atoms with Gasteiger partial charge in [-0.1, -0.05) is 13.8 Å². The smallest absolute Gasteiger partial charge is 0.307 e. The minimum Gasteiger partial charge on any atom is -0.469 e. The number of nitrogens with zero attached hydrogens (tertiary/aromatic N) is 1. The summed E-state index contributed by atoms with van der Waals surface area (Å²) in [7, 11) is 1.34. The number of rotatable bonds is 8. The van der Waals surface area contributed by atoms with Gasteiger partial charge >= 0.3 is 5.97 Å². The van der Waals surface area contributed by atoms with Gasteiger partial charge in [-0.15, -0.1) is 0 Å². The number of carbonyl (C=O) groups is 2. The topological polar surface area (TPSA) is 66.8 Å². The summed E-state index contributed by atoms with van der Waals surface area (Å²) in [6.45, 7) is 6.70. The Morgan fingerprint density at radius 2 is 1.83 bits per heavy atom. The molecule has 18 heavy (non-hydrogen) atoms. The predicted octanol–water partition coefficient (Wildman–Crippen LogP) is 1.20. The average molecular weight is 259 g/mol. The molecular weight excluding hydrogens is 234 g/mol. The van der Waals surface area contributed by atoms with Crippen LogP contribution in [0.2, 0.25) is 0 Å². The van der Waals surface area contributed by atoms with Crippen molar-refractivity contribution in [1.82, 2.24) is 4.90 Å². The Labute approximate surface area is 109 Å². The highest BCUT2D eigenvalue weighted by atomic mass is 16.5. The van der Waals surface area contributed by atoms with Crippen LogP contribution in [0.15, 0.2) is 0 Å². The molecule has 0 aliphatic heterocycles. The summed E-state index contributed by atoms with van der Waals surface area (Å²) in [6, 6.07) is 0. The lowest BCUT2D eigenvalue weighted by Crippen LogP contribution is -2.36. The average Bonchev–Trinajstić information content (AvgIpc) is 2.30. The highest BCUT2D eigenvalue weighted by molar-refractivity contribution is 5.77. The highest BCUT2D eigenvalue weighted by Gasteiger charge is 2.16. The van der Waals surface area contributed by atoms with Gasteiger partial charge in [0, 0.05) is 19.5 Å². The van der Waals surface area contributed by atoms with Crippen molar-refractivity contribution in [2.45, 2.75) is 46.1 Å². The molecule has 0 aromatic rings. The normalized spacial score (nSPS) is 12.3. The second kappa shape index (κ2) is 8.91. The minimum absolute atomic E-state index is 0.0199. The summed E-state index contributed by atoms with van der Waals surface area (Å²) in [5.41, 5.74) is 0. The minimum atomic E-state index is -0.476. The van der Waals surface area contributed by atoms with E-state index in [4.69, 9.17) is 0 Å². The first-order valence-corrected chi connectivity index (χ1v) is 6.39. The molecule has 0 spiro atoms. The number of ether oxygens (including phenoxy) is 1. The molecular formula is C13H25NO4. The van der Waals surface area contributed by atoms with E-state index in [9.17, 15) is 14.7 Å². The van der Waals surface area contributed by atoms with E-state index >= 15 is 0 Å². The van der Waals surface area contributed by atoms with Crippen molar-refractivity contribution in [3.8, 4) is 0 Å². The summed E-state index contributed by atoms with van der Waals surface area (Å²) in [6.07, 6.45) is 0.497. The Bertz CT molecular complexity index is 264. The molecule has 0 bridgehead atoms. The van der Waals surface area contributed by atoms with Crippen LogP contribution >= 0.6 is 0 Å². The van der Waals surface area contributed by atoms with Crippen LogP contribution in [-0.2, 0) is 14.3 Å². The Kier molecular flexibility index (Phi) is 8.37. The number of hydrogen-bond acceptors (Lipinski definition) is 4. The number of carbonyl (C=O) groups excluding carboxylic acids is 2. The summed E-state index contributed by atoms with van der Waals surface area (Å²) < 4.78 is 4.57. The van der Waals surface area contributed by atoms with E-state index in [1.807, 2.05) is 13.8 Å². The quantitative estimate of drug-likeness (QED) is 0.665. The molecule has 0 saturated heterocycles. The molecule has 1 N–H and O–H groups in total. The van der Waals surface area contributed by atoms with Gasteiger partial charge in [-0.2, -0.15) is 0 Å². The van der Waals surface area contributed by atoms with Gasteiger partial charge in [0.15, 0.2) is 0 Å². The van der Waals surface area contributed by atoms with Gasteiger partial charge in [0.25, 0.3) is 0 Å². The van der Waals surface area contributed by atoms with Crippen LogP contribution in [0.25, 0.3) is 0 Å². The SMILES string of the molecule is COC(=O)CCN(CC(C)C)C(=O)CCC(C)O. The zero-order chi connectivity index (χ0) is 14.1. The van der Waals surface area contributed by atoms with Crippen LogP contribution in [0.1, 0.15) is 40.0 Å². The first-order chi connectivity index (χ1) is 8.36. The number of esters is 1. The molecule has 1 atom stereocenters. The fourth-order valence-electron chi connectivity index (χ4n) is 1.58. The Morgan fingerprint density at radius 3 is 2.28 bits per heavy atom. The van der Waals surface area contributed by atoms with Crippen molar-refractivity contribution < 1.29 is 19.4 Å². The van der Waals surface area contributed by atoms with Crippen molar-refractivity contribution in [2.24, 2.45) is 5.92 Å². The van der Waals surface area contributed by atoms with E-state index in [2.05, 4.69) is 4.74 Å². The molecule has 0 aromatic heterocycles. The molecule has 0 fully saturated rings. The van der Waals surface area contributed by atoms with Gasteiger partial charge in [0.05, 0.1) is 19.6 Å². The molecule has 1 amide bonds. The van der Waals surface area contributed by atoms with Crippen molar-refractivity contribution in [3.63, 3.8) is 0 Å². The van der Waals surface area contributed by atoms with Crippen molar-refractivity contribution in [1.29, 1.82) is 0 Å². The molecule has 0 saturated carbocycles. The molecule has 0 heterocycles. The van der Waals surface area contributed by atoms with Crippen LogP contribution in [0.4, 0.5) is 0 Å². The maximum absolute atomic E-state index is 11.9. The number of aliphatic hydroxyl groups excluding tert-OH is 1. The third-order valence-electron chi connectivity index (χ3n) is 2.53. The van der Waals surface area contributed by atoms with Gasteiger partial charge in [0.2, 0.25) is 5.91 Å². The maximum Gasteiger partial charge on any atom is 0.307 e. The fraction of sp³-hybridized carbons (Fsp3) is 0.846. The Morgan fingerprint density at radius 1 is 1.22 bits per heavy atom. The second-order valence-electron chi connectivity index (χ2n) is 4.95. The van der Waals surface area contributed by atoms with Crippen molar-refractivity contribution in [3.05, 3.63) is 0 Å². The lowest BCUT2D eigenvalue weighted by atomic mass is 10.1. The summed E-state index contributed by atoms with van der Waals surface area (Å²) in [4.78, 5) is 24.7. The first-order valence-electron chi connectivity index (χ1n) is 6.39. The molecule has 0 aliphatic rings. The molecule has 106 valence electrons. The molecule has 5 heteroatoms. The zero-order valence-electron chi connectivity index (χ0n) is 11.8. The first kappa shape index (κ1) is 16.9. The third-order valence-corrected chi connectivity index (χ3v) is 2.53. The van der Waals surface area contributed by atoms with E-state index in [1.54, 1.807) is 11.8 Å². The number of amides is 1. The Balaban J connectivity index is 4.28. The van der Waals surface area contributed by atoms with Gasteiger partial charge in [-0.3, -0.25) is 9.59 Å². The fourth-order valence-corrected chi connectivity index (χ4v) is 1.58. The third kappa shape index (κ3) is 8.06. The molecule has 0 radical (unpaired) electrons. The summed E-state index contributed by atoms with van der Waals surface area (Å²) in [5, 5.41) is 9.18. The van der Waals surface area contributed by atoms with Crippen molar-refractivity contribution in [2.75, 3.05) is 20.2 Å². The highest BCUT2D eigenvalue weighted by Crippen LogP contribution is 2.06. The van der Waals surface area contributed by atoms with Crippen LogP contribution in [0.3, 0.4) is 0 Å². The lowest BCUT2D eigenvalue weighted by Gasteiger charge is -2.24. The van der Waals surface area contributed by atoms with Crippen LogP contribution < -0.4 is 0 Å². The van der Waals surface area contributed by atoms with Crippen LogP contribution in [0.5, 0.6) is 0 Å². The molecule has 5 nitrogen and oxygen atoms in total. The van der Waals surface area contributed by atoms with Gasteiger partial charge in [-0.05, 0) is 19.3 Å². The Hall–Kier alpha value is -1.10. The zero-order valence-corrected chi connectivity index (χ0v) is 11.8. The maximum atomic E-state index is 11.9. The largest absolute Gasteiger partial charge is 0.469 e. The molecule has 0 aromatic carbocycles. The van der Waals surface area contributed by atoms with E-state index in [-0.39, 0.29) is 18.3 Å².